The summed E-state index contributed by atoms with van der Waals surface area (Å²) in [6, 6.07) is 2.32. The summed E-state index contributed by atoms with van der Waals surface area (Å²) in [7, 11) is 1.52. The molecule has 0 aliphatic carbocycles. The molecule has 4 nitrogen and oxygen atoms in total. The second-order valence-corrected chi connectivity index (χ2v) is 4.36. The molecule has 6 heteroatoms. The number of carbonyl (C=O) groups is 1. The number of carboxylic acid groups (broad SMARTS) is 1. The molecule has 0 saturated heterocycles. The second-order valence-electron chi connectivity index (χ2n) is 3.95. The number of aliphatic carboxylic acids is 1. The Morgan fingerprint density at radius 2 is 2.28 bits per heavy atom. The van der Waals surface area contributed by atoms with Crippen LogP contribution in [0.1, 0.15) is 30.0 Å². The molecule has 3 N–H and O–H groups in total. The van der Waals surface area contributed by atoms with Crippen molar-refractivity contribution >= 4 is 17.6 Å². The zero-order valence-electron chi connectivity index (χ0n) is 9.95. The standard InChI is InChI=1S/C12H15ClFNO3/c1-18-6-7-4-8(12(14)9(13)5-7)10(15)2-3-11(16)17/h4-5,10H,2-3,6,15H2,1H3,(H,16,17). The molecule has 0 aliphatic rings. The number of methoxy groups -OCH3 is 1. The molecule has 1 unspecified atom stereocenters. The molecule has 0 amide bonds. The average molecular weight is 276 g/mol. The summed E-state index contributed by atoms with van der Waals surface area (Å²) in [5.74, 6) is -1.57. The van der Waals surface area contributed by atoms with Gasteiger partial charge >= 0.3 is 5.97 Å². The fourth-order valence-corrected chi connectivity index (χ4v) is 1.87. The van der Waals surface area contributed by atoms with Crippen LogP contribution in [0.15, 0.2) is 12.1 Å². The van der Waals surface area contributed by atoms with Gasteiger partial charge in [0, 0.05) is 25.1 Å². The Morgan fingerprint density at radius 1 is 1.61 bits per heavy atom. The summed E-state index contributed by atoms with van der Waals surface area (Å²) in [6.45, 7) is 0.290. The van der Waals surface area contributed by atoms with E-state index in [1.807, 2.05) is 0 Å². The highest BCUT2D eigenvalue weighted by Crippen LogP contribution is 2.27. The number of hydrogen-bond acceptors (Lipinski definition) is 3. The average Bonchev–Trinajstić information content (AvgIpc) is 2.30. The topological polar surface area (TPSA) is 72.5 Å². The first-order chi connectivity index (χ1) is 8.45. The summed E-state index contributed by atoms with van der Waals surface area (Å²) < 4.78 is 18.7. The second kappa shape index (κ2) is 6.68. The largest absolute Gasteiger partial charge is 0.481 e. The van der Waals surface area contributed by atoms with Crippen LogP contribution in [0, 0.1) is 5.82 Å². The smallest absolute Gasteiger partial charge is 0.303 e. The van der Waals surface area contributed by atoms with Crippen LogP contribution in [0.5, 0.6) is 0 Å². The van der Waals surface area contributed by atoms with Crippen LogP contribution in [-0.2, 0) is 16.1 Å². The zero-order chi connectivity index (χ0) is 13.7. The Morgan fingerprint density at radius 3 is 2.83 bits per heavy atom. The monoisotopic (exact) mass is 275 g/mol. The van der Waals surface area contributed by atoms with Gasteiger partial charge in [-0.05, 0) is 24.1 Å². The molecule has 0 saturated carbocycles. The maximum atomic E-state index is 13.8. The lowest BCUT2D eigenvalue weighted by molar-refractivity contribution is -0.137. The highest BCUT2D eigenvalue weighted by atomic mass is 35.5. The van der Waals surface area contributed by atoms with Gasteiger partial charge in [0.15, 0.2) is 0 Å². The predicted octanol–water partition coefficient (Wildman–Crippen LogP) is 2.49. The van der Waals surface area contributed by atoms with Crippen molar-refractivity contribution in [3.63, 3.8) is 0 Å². The lowest BCUT2D eigenvalue weighted by atomic mass is 10.00. The van der Waals surface area contributed by atoms with Gasteiger partial charge in [0.25, 0.3) is 0 Å². The molecule has 0 aromatic heterocycles. The molecule has 1 aromatic rings. The van der Waals surface area contributed by atoms with Crippen molar-refractivity contribution in [2.75, 3.05) is 7.11 Å². The number of hydrogen-bond donors (Lipinski definition) is 2. The van der Waals surface area contributed by atoms with Crippen LogP contribution < -0.4 is 5.73 Å². The molecule has 0 spiro atoms. The number of rotatable bonds is 6. The van der Waals surface area contributed by atoms with E-state index in [1.54, 1.807) is 6.07 Å². The minimum Gasteiger partial charge on any atom is -0.481 e. The van der Waals surface area contributed by atoms with Crippen molar-refractivity contribution in [3.05, 3.63) is 34.1 Å². The fourth-order valence-electron chi connectivity index (χ4n) is 1.62. The Hall–Kier alpha value is -1.17. The van der Waals surface area contributed by atoms with Crippen molar-refractivity contribution in [1.82, 2.24) is 0 Å². The summed E-state index contributed by atoms with van der Waals surface area (Å²) in [6.07, 6.45) is 0.0335. The van der Waals surface area contributed by atoms with E-state index >= 15 is 0 Å². The summed E-state index contributed by atoms with van der Waals surface area (Å²) >= 11 is 5.76. The minimum atomic E-state index is -0.968. The van der Waals surface area contributed by atoms with Crippen LogP contribution in [0.4, 0.5) is 4.39 Å². The van der Waals surface area contributed by atoms with E-state index in [0.717, 1.165) is 0 Å². The zero-order valence-corrected chi connectivity index (χ0v) is 10.7. The van der Waals surface area contributed by atoms with E-state index in [4.69, 9.17) is 27.2 Å². The van der Waals surface area contributed by atoms with Gasteiger partial charge in [-0.25, -0.2) is 4.39 Å². The third-order valence-electron chi connectivity index (χ3n) is 2.50. The predicted molar refractivity (Wildman–Crippen MR) is 65.9 cm³/mol. The quantitative estimate of drug-likeness (QED) is 0.837. The molecule has 100 valence electrons. The van der Waals surface area contributed by atoms with Crippen LogP contribution in [0.2, 0.25) is 5.02 Å². The first-order valence-corrected chi connectivity index (χ1v) is 5.77. The molecule has 1 atom stereocenters. The highest BCUT2D eigenvalue weighted by Gasteiger charge is 2.16. The van der Waals surface area contributed by atoms with E-state index in [1.165, 1.54) is 13.2 Å². The van der Waals surface area contributed by atoms with E-state index < -0.39 is 17.8 Å². The van der Waals surface area contributed by atoms with Crippen molar-refractivity contribution in [2.24, 2.45) is 5.73 Å². The third kappa shape index (κ3) is 3.94. The van der Waals surface area contributed by atoms with Gasteiger partial charge < -0.3 is 15.6 Å². The Balaban J connectivity index is 2.94. The van der Waals surface area contributed by atoms with Gasteiger partial charge in [0.2, 0.25) is 0 Å². The SMILES string of the molecule is COCc1cc(Cl)c(F)c(C(N)CCC(=O)O)c1. The Bertz CT molecular complexity index is 440. The van der Waals surface area contributed by atoms with Crippen LogP contribution in [0.3, 0.4) is 0 Å². The van der Waals surface area contributed by atoms with E-state index in [2.05, 4.69) is 0 Å². The molecule has 0 aliphatic heterocycles. The molecule has 0 radical (unpaired) electrons. The number of carboxylic acids is 1. The van der Waals surface area contributed by atoms with Gasteiger partial charge in [0.05, 0.1) is 11.6 Å². The van der Waals surface area contributed by atoms with E-state index in [9.17, 15) is 9.18 Å². The summed E-state index contributed by atoms with van der Waals surface area (Å²) in [4.78, 5) is 10.5. The molecular weight excluding hydrogens is 261 g/mol. The van der Waals surface area contributed by atoms with Crippen molar-refractivity contribution in [1.29, 1.82) is 0 Å². The molecule has 0 heterocycles. The first-order valence-electron chi connectivity index (χ1n) is 5.39. The van der Waals surface area contributed by atoms with Crippen LogP contribution in [-0.4, -0.2) is 18.2 Å². The molecule has 18 heavy (non-hydrogen) atoms. The molecule has 1 aromatic carbocycles. The van der Waals surface area contributed by atoms with Crippen LogP contribution >= 0.6 is 11.6 Å². The summed E-state index contributed by atoms with van der Waals surface area (Å²) in [5.41, 5.74) is 6.69. The Kier molecular flexibility index (Phi) is 5.53. The lowest BCUT2D eigenvalue weighted by Gasteiger charge is -2.14. The number of ether oxygens (including phenoxy) is 1. The number of nitrogens with two attached hydrogens (primary N) is 1. The first kappa shape index (κ1) is 14.9. The number of benzene rings is 1. The maximum absolute atomic E-state index is 13.8. The van der Waals surface area contributed by atoms with Gasteiger partial charge in [-0.3, -0.25) is 4.79 Å². The number of halogens is 2. The van der Waals surface area contributed by atoms with Crippen LogP contribution in [0.25, 0.3) is 0 Å². The minimum absolute atomic E-state index is 0.0367. The van der Waals surface area contributed by atoms with E-state index in [0.29, 0.717) is 12.2 Å². The van der Waals surface area contributed by atoms with E-state index in [-0.39, 0.29) is 23.4 Å². The third-order valence-corrected chi connectivity index (χ3v) is 2.77. The van der Waals surface area contributed by atoms with Gasteiger partial charge in [-0.15, -0.1) is 0 Å². The van der Waals surface area contributed by atoms with Gasteiger partial charge in [-0.2, -0.15) is 0 Å². The lowest BCUT2D eigenvalue weighted by Crippen LogP contribution is -2.14. The normalized spacial score (nSPS) is 12.4. The maximum Gasteiger partial charge on any atom is 0.303 e. The van der Waals surface area contributed by atoms with Crippen molar-refractivity contribution < 1.29 is 19.0 Å². The molecule has 0 fully saturated rings. The Labute approximate surface area is 109 Å². The highest BCUT2D eigenvalue weighted by molar-refractivity contribution is 6.30. The van der Waals surface area contributed by atoms with Crippen molar-refractivity contribution in [3.8, 4) is 0 Å². The van der Waals surface area contributed by atoms with Gasteiger partial charge in [0.1, 0.15) is 5.82 Å². The fraction of sp³-hybridized carbons (Fsp3) is 0.417. The molecule has 1 rings (SSSR count). The molecular formula is C12H15ClFNO3. The molecule has 0 bridgehead atoms. The van der Waals surface area contributed by atoms with Crippen molar-refractivity contribution in [2.45, 2.75) is 25.5 Å². The van der Waals surface area contributed by atoms with Gasteiger partial charge in [-0.1, -0.05) is 11.6 Å². The summed E-state index contributed by atoms with van der Waals surface area (Å²) in [5, 5.41) is 8.54.